The maximum Gasteiger partial charge on any atom is 0.200 e. The van der Waals surface area contributed by atoms with Crippen LogP contribution in [-0.2, 0) is 6.42 Å². The van der Waals surface area contributed by atoms with E-state index in [2.05, 4.69) is 72.7 Å². The van der Waals surface area contributed by atoms with E-state index >= 15 is 0 Å². The van der Waals surface area contributed by atoms with Crippen molar-refractivity contribution in [3.8, 4) is 12.3 Å². The van der Waals surface area contributed by atoms with Gasteiger partial charge in [-0.2, -0.15) is 0 Å². The standard InChI is InChI=1S/C35H61IN/c1-4-7-9-11-13-15-17-19-21-26-31-37(35(36)6-3,33-30-34-28-24-23-25-29-34)32-27-22-20-18-16-14-12-10-8-5-2/h3,23-25,28-29,35H,4-5,7-22,26-27,30-33H2,1-2H3/q+1. The molecule has 0 bridgehead atoms. The number of nitrogens with zero attached hydrogens (tertiary/aromatic N) is 1. The van der Waals surface area contributed by atoms with Gasteiger partial charge in [-0.3, -0.25) is 0 Å². The van der Waals surface area contributed by atoms with Crippen LogP contribution in [0, 0.1) is 12.3 Å². The molecule has 0 aliphatic rings. The van der Waals surface area contributed by atoms with Crippen molar-refractivity contribution in [2.45, 2.75) is 153 Å². The van der Waals surface area contributed by atoms with Crippen molar-refractivity contribution in [3.63, 3.8) is 0 Å². The van der Waals surface area contributed by atoms with Gasteiger partial charge in [0, 0.05) is 29.0 Å². The molecule has 1 unspecified atom stereocenters. The van der Waals surface area contributed by atoms with Crippen molar-refractivity contribution >= 4 is 22.6 Å². The van der Waals surface area contributed by atoms with Gasteiger partial charge in [0.2, 0.25) is 4.05 Å². The number of halogens is 1. The molecule has 0 saturated heterocycles. The number of alkyl halides is 1. The number of benzene rings is 1. The molecule has 0 aliphatic carbocycles. The van der Waals surface area contributed by atoms with Crippen LogP contribution in [0.4, 0.5) is 0 Å². The molecule has 37 heavy (non-hydrogen) atoms. The van der Waals surface area contributed by atoms with Crippen LogP contribution in [0.15, 0.2) is 30.3 Å². The van der Waals surface area contributed by atoms with Crippen LogP contribution in [0.25, 0.3) is 0 Å². The average molecular weight is 623 g/mol. The largest absolute Gasteiger partial charge is 0.303 e. The number of hydrogen-bond donors (Lipinski definition) is 0. The SMILES string of the molecule is C#CC(I)[N+](CCCCCCCCCCCC)(CCCCCCCCCCCC)CCc1ccccc1. The van der Waals surface area contributed by atoms with E-state index in [1.807, 2.05) is 0 Å². The van der Waals surface area contributed by atoms with Crippen molar-refractivity contribution < 1.29 is 4.48 Å². The molecule has 0 amide bonds. The summed E-state index contributed by atoms with van der Waals surface area (Å²) in [6.45, 7) is 8.28. The summed E-state index contributed by atoms with van der Waals surface area (Å²) in [6.07, 6.45) is 35.2. The van der Waals surface area contributed by atoms with Crippen LogP contribution in [0.1, 0.15) is 148 Å². The summed E-state index contributed by atoms with van der Waals surface area (Å²) in [5.74, 6) is 3.17. The Morgan fingerprint density at radius 1 is 0.595 bits per heavy atom. The highest BCUT2D eigenvalue weighted by Crippen LogP contribution is 2.25. The number of unbranched alkanes of at least 4 members (excludes halogenated alkanes) is 18. The highest BCUT2D eigenvalue weighted by atomic mass is 127. The van der Waals surface area contributed by atoms with E-state index in [0.29, 0.717) is 0 Å². The molecule has 0 radical (unpaired) electrons. The van der Waals surface area contributed by atoms with Crippen molar-refractivity contribution in [2.24, 2.45) is 0 Å². The molecule has 1 rings (SSSR count). The minimum Gasteiger partial charge on any atom is -0.303 e. The molecular formula is C35H61IN+. The molecule has 0 aliphatic heterocycles. The van der Waals surface area contributed by atoms with Crippen molar-refractivity contribution in [1.29, 1.82) is 0 Å². The van der Waals surface area contributed by atoms with Gasteiger partial charge >= 0.3 is 0 Å². The van der Waals surface area contributed by atoms with E-state index in [1.165, 1.54) is 154 Å². The molecule has 0 fully saturated rings. The van der Waals surface area contributed by atoms with Crippen molar-refractivity contribution in [2.75, 3.05) is 19.6 Å². The molecule has 1 atom stereocenters. The fourth-order valence-electron chi connectivity index (χ4n) is 5.66. The van der Waals surface area contributed by atoms with Crippen LogP contribution in [0.5, 0.6) is 0 Å². The molecular weight excluding hydrogens is 561 g/mol. The first-order valence-electron chi connectivity index (χ1n) is 16.2. The lowest BCUT2D eigenvalue weighted by molar-refractivity contribution is -0.927. The zero-order valence-corrected chi connectivity index (χ0v) is 27.0. The quantitative estimate of drug-likeness (QED) is 0.0241. The van der Waals surface area contributed by atoms with Gasteiger partial charge < -0.3 is 4.48 Å². The summed E-state index contributed by atoms with van der Waals surface area (Å²) in [7, 11) is 0. The molecule has 1 aromatic carbocycles. The first-order valence-corrected chi connectivity index (χ1v) is 17.4. The number of terminal acetylenes is 1. The second-order valence-corrected chi connectivity index (χ2v) is 12.7. The highest BCUT2D eigenvalue weighted by molar-refractivity contribution is 14.1. The van der Waals surface area contributed by atoms with Gasteiger partial charge in [0.05, 0.1) is 19.6 Å². The van der Waals surface area contributed by atoms with Crippen LogP contribution in [0.2, 0.25) is 0 Å². The number of hydrogen-bond acceptors (Lipinski definition) is 0. The monoisotopic (exact) mass is 622 g/mol. The summed E-state index contributed by atoms with van der Waals surface area (Å²) in [6, 6.07) is 11.1. The van der Waals surface area contributed by atoms with Gasteiger partial charge in [0.15, 0.2) is 0 Å². The Morgan fingerprint density at radius 3 is 1.35 bits per heavy atom. The van der Waals surface area contributed by atoms with Gasteiger partial charge in [0.1, 0.15) is 0 Å². The third kappa shape index (κ3) is 17.6. The van der Waals surface area contributed by atoms with E-state index in [1.54, 1.807) is 0 Å². The Bertz CT molecular complexity index is 625. The van der Waals surface area contributed by atoms with Crippen molar-refractivity contribution in [1.82, 2.24) is 0 Å². The van der Waals surface area contributed by atoms with Gasteiger partial charge in [-0.1, -0.05) is 147 Å². The zero-order valence-electron chi connectivity index (χ0n) is 24.8. The summed E-state index contributed by atoms with van der Waals surface area (Å²) >= 11 is 2.58. The summed E-state index contributed by atoms with van der Waals surface area (Å²) < 4.78 is 1.39. The Balaban J connectivity index is 2.49. The van der Waals surface area contributed by atoms with E-state index in [0.717, 1.165) is 10.9 Å². The van der Waals surface area contributed by atoms with Crippen LogP contribution >= 0.6 is 22.6 Å². The second-order valence-electron chi connectivity index (χ2n) is 11.5. The third-order valence-electron chi connectivity index (χ3n) is 8.22. The molecule has 212 valence electrons. The summed E-state index contributed by atoms with van der Waals surface area (Å²) in [4.78, 5) is 0. The minimum atomic E-state index is 0.276. The van der Waals surface area contributed by atoms with E-state index in [4.69, 9.17) is 6.42 Å². The lowest BCUT2D eigenvalue weighted by atomic mass is 10.0. The normalized spacial score (nSPS) is 12.5. The van der Waals surface area contributed by atoms with Gasteiger partial charge in [0.25, 0.3) is 0 Å². The molecule has 0 saturated carbocycles. The first-order chi connectivity index (χ1) is 18.2. The zero-order chi connectivity index (χ0) is 26.9. The Hall–Kier alpha value is -0.530. The predicted molar refractivity (Wildman–Crippen MR) is 175 cm³/mol. The van der Waals surface area contributed by atoms with Crippen molar-refractivity contribution in [3.05, 3.63) is 35.9 Å². The van der Waals surface area contributed by atoms with Gasteiger partial charge in [-0.05, 0) is 37.2 Å². The Kier molecular flexibility index (Phi) is 22.8. The fraction of sp³-hybridized carbons (Fsp3) is 0.771. The lowest BCUT2D eigenvalue weighted by Gasteiger charge is -2.41. The Morgan fingerprint density at radius 2 is 0.973 bits per heavy atom. The topological polar surface area (TPSA) is 0 Å². The summed E-state index contributed by atoms with van der Waals surface area (Å²) in [5.41, 5.74) is 1.46. The molecule has 0 heterocycles. The molecule has 1 nitrogen and oxygen atoms in total. The summed E-state index contributed by atoms with van der Waals surface area (Å²) in [5, 5.41) is 0. The fourth-order valence-corrected chi connectivity index (χ4v) is 6.49. The second kappa shape index (κ2) is 24.5. The van der Waals surface area contributed by atoms with Gasteiger partial charge in [-0.15, -0.1) is 6.42 Å². The molecule has 1 aromatic rings. The first kappa shape index (κ1) is 34.5. The van der Waals surface area contributed by atoms with Crippen LogP contribution < -0.4 is 0 Å². The molecule has 0 N–H and O–H groups in total. The third-order valence-corrected chi connectivity index (χ3v) is 9.76. The van der Waals surface area contributed by atoms with E-state index in [9.17, 15) is 0 Å². The maximum absolute atomic E-state index is 6.09. The van der Waals surface area contributed by atoms with Crippen LogP contribution in [-0.4, -0.2) is 28.2 Å². The minimum absolute atomic E-state index is 0.276. The van der Waals surface area contributed by atoms with E-state index in [-0.39, 0.29) is 4.05 Å². The predicted octanol–water partition coefficient (Wildman–Crippen LogP) is 11.3. The molecule has 0 aromatic heterocycles. The van der Waals surface area contributed by atoms with Crippen LogP contribution in [0.3, 0.4) is 0 Å². The number of rotatable bonds is 26. The smallest absolute Gasteiger partial charge is 0.200 e. The average Bonchev–Trinajstić information content (AvgIpc) is 2.93. The molecule has 0 spiro atoms. The number of quaternary nitrogens is 1. The Labute approximate surface area is 246 Å². The van der Waals surface area contributed by atoms with Gasteiger partial charge in [-0.25, -0.2) is 0 Å². The molecule has 2 heteroatoms. The maximum atomic E-state index is 6.09. The van der Waals surface area contributed by atoms with E-state index < -0.39 is 0 Å². The lowest BCUT2D eigenvalue weighted by Crippen LogP contribution is -2.54. The highest BCUT2D eigenvalue weighted by Gasteiger charge is 2.33.